The molecule has 0 unspecified atom stereocenters. The molecular weight excluding hydrogens is 352 g/mol. The van der Waals surface area contributed by atoms with Gasteiger partial charge in [-0.2, -0.15) is 5.10 Å². The maximum absolute atomic E-state index is 13.2. The number of nitrogens with zero attached hydrogens (tertiary/aromatic N) is 4. The van der Waals surface area contributed by atoms with Crippen molar-refractivity contribution < 1.29 is 13.6 Å². The third-order valence-electron chi connectivity index (χ3n) is 4.35. The minimum absolute atomic E-state index is 0.113. The average Bonchev–Trinajstić information content (AvgIpc) is 3.07. The molecule has 142 valence electrons. The summed E-state index contributed by atoms with van der Waals surface area (Å²) >= 11 is 0. The number of alkyl halides is 2. The van der Waals surface area contributed by atoms with Gasteiger partial charge >= 0.3 is 0 Å². The van der Waals surface area contributed by atoms with Crippen molar-refractivity contribution >= 4 is 22.9 Å². The summed E-state index contributed by atoms with van der Waals surface area (Å²) in [5.41, 5.74) is 2.04. The Morgan fingerprint density at radius 2 is 1.89 bits per heavy atom. The lowest BCUT2D eigenvalue weighted by atomic mass is 10.2. The summed E-state index contributed by atoms with van der Waals surface area (Å²) in [5, 5.41) is 6.68. The summed E-state index contributed by atoms with van der Waals surface area (Å²) < 4.78 is 27.4. The molecule has 0 radical (unpaired) electrons. The van der Waals surface area contributed by atoms with Crippen molar-refractivity contribution in [2.24, 2.45) is 0 Å². The van der Waals surface area contributed by atoms with E-state index in [1.54, 1.807) is 19.1 Å². The van der Waals surface area contributed by atoms with Gasteiger partial charge in [-0.25, -0.2) is 18.3 Å². The summed E-state index contributed by atoms with van der Waals surface area (Å²) in [6.45, 7) is 7.54. The lowest BCUT2D eigenvalue weighted by Gasteiger charge is -2.21. The molecule has 0 fully saturated rings. The molecule has 0 saturated carbocycles. The monoisotopic (exact) mass is 373 g/mol. The highest BCUT2D eigenvalue weighted by Gasteiger charge is 2.20. The van der Waals surface area contributed by atoms with Crippen molar-refractivity contribution in [2.75, 3.05) is 23.3 Å². The van der Waals surface area contributed by atoms with E-state index in [4.69, 9.17) is 0 Å². The van der Waals surface area contributed by atoms with Crippen molar-refractivity contribution in [1.29, 1.82) is 0 Å². The molecule has 3 rings (SSSR count). The molecule has 0 bridgehead atoms. The van der Waals surface area contributed by atoms with Crippen LogP contribution in [-0.2, 0) is 0 Å². The van der Waals surface area contributed by atoms with Crippen LogP contribution in [0.25, 0.3) is 5.65 Å². The van der Waals surface area contributed by atoms with Gasteiger partial charge in [-0.1, -0.05) is 0 Å². The Balaban J connectivity index is 1.86. The Bertz CT molecular complexity index is 949. The number of aryl methyl sites for hydroxylation is 1. The van der Waals surface area contributed by atoms with Crippen LogP contribution in [0.4, 0.5) is 20.2 Å². The normalized spacial score (nSPS) is 11.2. The van der Waals surface area contributed by atoms with Crippen LogP contribution in [0.1, 0.15) is 42.0 Å². The Labute approximate surface area is 155 Å². The number of carbonyl (C=O) groups excluding carboxylic acids is 1. The van der Waals surface area contributed by atoms with Crippen molar-refractivity contribution in [2.45, 2.75) is 27.2 Å². The third kappa shape index (κ3) is 3.74. The Kier molecular flexibility index (Phi) is 5.34. The molecule has 1 aromatic carbocycles. The number of halogens is 2. The zero-order valence-electron chi connectivity index (χ0n) is 15.4. The molecule has 2 aromatic heterocycles. The van der Waals surface area contributed by atoms with E-state index in [0.29, 0.717) is 11.4 Å². The summed E-state index contributed by atoms with van der Waals surface area (Å²) in [6, 6.07) is 8.73. The fraction of sp³-hybridized carbons (Fsp3) is 0.316. The van der Waals surface area contributed by atoms with Gasteiger partial charge in [-0.3, -0.25) is 4.79 Å². The fourth-order valence-electron chi connectivity index (χ4n) is 2.97. The Hall–Kier alpha value is -3.03. The Morgan fingerprint density at radius 3 is 2.48 bits per heavy atom. The second kappa shape index (κ2) is 7.69. The second-order valence-electron chi connectivity index (χ2n) is 6.09. The molecule has 1 N–H and O–H groups in total. The van der Waals surface area contributed by atoms with E-state index in [-0.39, 0.29) is 16.9 Å². The summed E-state index contributed by atoms with van der Waals surface area (Å²) in [6.07, 6.45) is -1.45. The average molecular weight is 373 g/mol. The number of aromatic nitrogens is 3. The highest BCUT2D eigenvalue weighted by atomic mass is 19.3. The van der Waals surface area contributed by atoms with E-state index in [1.165, 1.54) is 12.3 Å². The highest BCUT2D eigenvalue weighted by molar-refractivity contribution is 6.08. The van der Waals surface area contributed by atoms with E-state index in [0.717, 1.165) is 23.3 Å². The smallest absolute Gasteiger partial charge is 0.280 e. The van der Waals surface area contributed by atoms with Gasteiger partial charge in [0, 0.05) is 30.2 Å². The largest absolute Gasteiger partial charge is 0.372 e. The Morgan fingerprint density at radius 1 is 1.22 bits per heavy atom. The van der Waals surface area contributed by atoms with Crippen LogP contribution in [0.2, 0.25) is 0 Å². The predicted octanol–water partition coefficient (Wildman–Crippen LogP) is 4.07. The molecule has 27 heavy (non-hydrogen) atoms. The van der Waals surface area contributed by atoms with Crippen molar-refractivity contribution in [3.05, 3.63) is 53.5 Å². The van der Waals surface area contributed by atoms with Gasteiger partial charge in [-0.05, 0) is 51.1 Å². The maximum atomic E-state index is 13.2. The zero-order valence-corrected chi connectivity index (χ0v) is 15.4. The van der Waals surface area contributed by atoms with Gasteiger partial charge < -0.3 is 10.2 Å². The van der Waals surface area contributed by atoms with Crippen LogP contribution >= 0.6 is 0 Å². The van der Waals surface area contributed by atoms with Gasteiger partial charge in [0.2, 0.25) is 0 Å². The first kappa shape index (κ1) is 18.8. The molecule has 0 aliphatic carbocycles. The van der Waals surface area contributed by atoms with Crippen molar-refractivity contribution in [3.63, 3.8) is 0 Å². The second-order valence-corrected chi connectivity index (χ2v) is 6.09. The maximum Gasteiger partial charge on any atom is 0.280 e. The van der Waals surface area contributed by atoms with E-state index in [1.807, 2.05) is 12.1 Å². The molecule has 0 aliphatic heterocycles. The number of anilines is 2. The number of carbonyl (C=O) groups is 1. The predicted molar refractivity (Wildman–Crippen MR) is 101 cm³/mol. The van der Waals surface area contributed by atoms with E-state index < -0.39 is 12.3 Å². The first-order valence-electron chi connectivity index (χ1n) is 8.74. The van der Waals surface area contributed by atoms with Crippen LogP contribution in [0, 0.1) is 6.92 Å². The molecule has 0 saturated heterocycles. The molecule has 8 heteroatoms. The quantitative estimate of drug-likeness (QED) is 0.707. The third-order valence-corrected chi connectivity index (χ3v) is 4.35. The lowest BCUT2D eigenvalue weighted by molar-refractivity contribution is 0.102. The summed E-state index contributed by atoms with van der Waals surface area (Å²) in [4.78, 5) is 19.0. The molecule has 6 nitrogen and oxygen atoms in total. The SMILES string of the molecule is CCN(CC)c1ccc(NC(=O)c2cnn3c(C(F)F)cc(C)nc23)cc1. The molecule has 0 aliphatic rings. The molecule has 1 amide bonds. The van der Waals surface area contributed by atoms with Crippen LogP contribution in [0.5, 0.6) is 0 Å². The van der Waals surface area contributed by atoms with Crippen LogP contribution in [-0.4, -0.2) is 33.6 Å². The van der Waals surface area contributed by atoms with E-state index in [2.05, 4.69) is 34.1 Å². The number of nitrogens with one attached hydrogen (secondary N) is 1. The number of hydrogen-bond donors (Lipinski definition) is 1. The van der Waals surface area contributed by atoms with Gasteiger partial charge in [0.05, 0.1) is 6.20 Å². The standard InChI is InChI=1S/C19H21F2N5O/c1-4-25(5-2)14-8-6-13(7-9-14)24-19(27)15-11-22-26-16(17(20)21)10-12(3)23-18(15)26/h6-11,17H,4-5H2,1-3H3,(H,24,27). The minimum atomic E-state index is -2.71. The number of hydrogen-bond acceptors (Lipinski definition) is 4. The first-order valence-corrected chi connectivity index (χ1v) is 8.74. The number of benzene rings is 1. The van der Waals surface area contributed by atoms with E-state index in [9.17, 15) is 13.6 Å². The summed E-state index contributed by atoms with van der Waals surface area (Å²) in [7, 11) is 0. The fourth-order valence-corrected chi connectivity index (χ4v) is 2.97. The number of fused-ring (bicyclic) bond motifs is 1. The first-order chi connectivity index (χ1) is 12.9. The van der Waals surface area contributed by atoms with Gasteiger partial charge in [0.25, 0.3) is 12.3 Å². The van der Waals surface area contributed by atoms with Crippen LogP contribution < -0.4 is 10.2 Å². The number of rotatable bonds is 6. The van der Waals surface area contributed by atoms with Gasteiger partial charge in [-0.15, -0.1) is 0 Å². The summed E-state index contributed by atoms with van der Waals surface area (Å²) in [5.74, 6) is -0.445. The highest BCUT2D eigenvalue weighted by Crippen LogP contribution is 2.23. The zero-order chi connectivity index (χ0) is 19.6. The van der Waals surface area contributed by atoms with Gasteiger partial charge in [0.15, 0.2) is 5.65 Å². The molecular formula is C19H21F2N5O. The molecule has 2 heterocycles. The van der Waals surface area contributed by atoms with Crippen LogP contribution in [0.15, 0.2) is 36.5 Å². The lowest BCUT2D eigenvalue weighted by Crippen LogP contribution is -2.21. The molecule has 0 atom stereocenters. The van der Waals surface area contributed by atoms with Gasteiger partial charge in [0.1, 0.15) is 11.3 Å². The van der Waals surface area contributed by atoms with E-state index >= 15 is 0 Å². The molecule has 3 aromatic rings. The van der Waals surface area contributed by atoms with Crippen molar-refractivity contribution in [1.82, 2.24) is 14.6 Å². The minimum Gasteiger partial charge on any atom is -0.372 e. The topological polar surface area (TPSA) is 62.5 Å². The van der Waals surface area contributed by atoms with Crippen LogP contribution in [0.3, 0.4) is 0 Å². The number of amides is 1. The van der Waals surface area contributed by atoms with Crippen molar-refractivity contribution in [3.8, 4) is 0 Å². The molecule has 0 spiro atoms.